The Kier molecular flexibility index (Phi) is 10.8. The highest BCUT2D eigenvalue weighted by Gasteiger charge is 2.31. The van der Waals surface area contributed by atoms with Crippen LogP contribution in [0.25, 0.3) is 0 Å². The van der Waals surface area contributed by atoms with Crippen molar-refractivity contribution in [2.75, 3.05) is 20.8 Å². The standard InChI is InChI=1S/C30H35ClN2O4/c1-4-5-9-18-32-30(35)29(24-10-7-6-8-11-24)33(21-22-12-15-25(31)16-13-22)28(34)20-23-14-17-26(36-2)27(19-23)37-3/h6-8,10-17,19,29H,4-5,9,18,20-21H2,1-3H3,(H,32,35)/t29-/m0/s1. The van der Waals surface area contributed by atoms with Gasteiger partial charge in [-0.15, -0.1) is 0 Å². The average Bonchev–Trinajstić information content (AvgIpc) is 2.92. The molecule has 0 bridgehead atoms. The van der Waals surface area contributed by atoms with Crippen LogP contribution in [0.4, 0.5) is 0 Å². The maximum atomic E-state index is 13.9. The summed E-state index contributed by atoms with van der Waals surface area (Å²) < 4.78 is 10.7. The van der Waals surface area contributed by atoms with Crippen LogP contribution < -0.4 is 14.8 Å². The Labute approximate surface area is 224 Å². The Morgan fingerprint density at radius 2 is 1.57 bits per heavy atom. The van der Waals surface area contributed by atoms with Gasteiger partial charge in [-0.3, -0.25) is 9.59 Å². The van der Waals surface area contributed by atoms with Gasteiger partial charge >= 0.3 is 0 Å². The quantitative estimate of drug-likeness (QED) is 0.280. The molecule has 3 aromatic carbocycles. The van der Waals surface area contributed by atoms with E-state index in [-0.39, 0.29) is 24.8 Å². The smallest absolute Gasteiger partial charge is 0.247 e. The summed E-state index contributed by atoms with van der Waals surface area (Å²) >= 11 is 6.10. The second-order valence-corrected chi connectivity index (χ2v) is 9.26. The molecule has 0 saturated heterocycles. The molecule has 7 heteroatoms. The molecule has 1 atom stereocenters. The van der Waals surface area contributed by atoms with E-state index in [9.17, 15) is 9.59 Å². The summed E-state index contributed by atoms with van der Waals surface area (Å²) in [4.78, 5) is 29.1. The molecule has 0 aliphatic heterocycles. The summed E-state index contributed by atoms with van der Waals surface area (Å²) in [6, 6.07) is 21.4. The number of carbonyl (C=O) groups excluding carboxylic acids is 2. The molecule has 2 amide bonds. The molecule has 6 nitrogen and oxygen atoms in total. The molecule has 0 saturated carbocycles. The number of ether oxygens (including phenoxy) is 2. The lowest BCUT2D eigenvalue weighted by atomic mass is 10.0. The summed E-state index contributed by atoms with van der Waals surface area (Å²) in [5.41, 5.74) is 2.40. The van der Waals surface area contributed by atoms with Crippen molar-refractivity contribution in [1.29, 1.82) is 0 Å². The van der Waals surface area contributed by atoms with E-state index in [0.717, 1.165) is 36.0 Å². The van der Waals surface area contributed by atoms with Gasteiger partial charge in [-0.25, -0.2) is 0 Å². The average molecular weight is 523 g/mol. The number of hydrogen-bond donors (Lipinski definition) is 1. The number of unbranched alkanes of at least 4 members (excludes halogenated alkanes) is 2. The number of carbonyl (C=O) groups is 2. The van der Waals surface area contributed by atoms with E-state index in [1.807, 2.05) is 48.5 Å². The fraction of sp³-hybridized carbons (Fsp3) is 0.333. The number of rotatable bonds is 13. The first-order valence-electron chi connectivity index (χ1n) is 12.5. The van der Waals surface area contributed by atoms with Crippen LogP contribution in [0.15, 0.2) is 72.8 Å². The molecular formula is C30H35ClN2O4. The molecule has 196 valence electrons. The summed E-state index contributed by atoms with van der Waals surface area (Å²) in [6.07, 6.45) is 3.08. The zero-order chi connectivity index (χ0) is 26.6. The van der Waals surface area contributed by atoms with E-state index in [4.69, 9.17) is 21.1 Å². The molecule has 0 aliphatic carbocycles. The van der Waals surface area contributed by atoms with Gasteiger partial charge in [0.15, 0.2) is 11.5 Å². The van der Waals surface area contributed by atoms with E-state index < -0.39 is 6.04 Å². The topological polar surface area (TPSA) is 67.9 Å². The molecule has 1 N–H and O–H groups in total. The predicted molar refractivity (Wildman–Crippen MR) is 147 cm³/mol. The van der Waals surface area contributed by atoms with Crippen molar-refractivity contribution in [3.63, 3.8) is 0 Å². The first-order valence-corrected chi connectivity index (χ1v) is 12.9. The largest absolute Gasteiger partial charge is 0.493 e. The second kappa shape index (κ2) is 14.3. The van der Waals surface area contributed by atoms with Crippen LogP contribution in [0, 0.1) is 0 Å². The van der Waals surface area contributed by atoms with Gasteiger partial charge in [0.2, 0.25) is 11.8 Å². The fourth-order valence-electron chi connectivity index (χ4n) is 4.17. The van der Waals surface area contributed by atoms with Crippen LogP contribution in [0.1, 0.15) is 48.9 Å². The molecule has 0 unspecified atom stereocenters. The van der Waals surface area contributed by atoms with E-state index in [0.29, 0.717) is 23.1 Å². The summed E-state index contributed by atoms with van der Waals surface area (Å²) in [6.45, 7) is 2.94. The lowest BCUT2D eigenvalue weighted by Crippen LogP contribution is -2.44. The normalized spacial score (nSPS) is 11.5. The van der Waals surface area contributed by atoms with Gasteiger partial charge in [0.1, 0.15) is 6.04 Å². The maximum Gasteiger partial charge on any atom is 0.247 e. The SMILES string of the molecule is CCCCCNC(=O)[C@H](c1ccccc1)N(Cc1ccc(Cl)cc1)C(=O)Cc1ccc(OC)c(OC)c1. The first-order chi connectivity index (χ1) is 18.0. The second-order valence-electron chi connectivity index (χ2n) is 8.83. The van der Waals surface area contributed by atoms with Gasteiger partial charge < -0.3 is 19.7 Å². The van der Waals surface area contributed by atoms with Crippen molar-refractivity contribution in [2.24, 2.45) is 0 Å². The van der Waals surface area contributed by atoms with Crippen LogP contribution >= 0.6 is 11.6 Å². The Morgan fingerprint density at radius 3 is 2.22 bits per heavy atom. The summed E-state index contributed by atoms with van der Waals surface area (Å²) in [5.74, 6) is 0.757. The number of nitrogens with one attached hydrogen (secondary N) is 1. The molecule has 0 aromatic heterocycles. The molecule has 3 rings (SSSR count). The molecule has 3 aromatic rings. The third-order valence-electron chi connectivity index (χ3n) is 6.14. The minimum absolute atomic E-state index is 0.0976. The Bertz CT molecular complexity index is 1150. The van der Waals surface area contributed by atoms with Gasteiger partial charge in [0.25, 0.3) is 0 Å². The lowest BCUT2D eigenvalue weighted by Gasteiger charge is -2.32. The number of halogens is 1. The highest BCUT2D eigenvalue weighted by Crippen LogP contribution is 2.29. The van der Waals surface area contributed by atoms with Gasteiger partial charge in [0, 0.05) is 18.1 Å². The van der Waals surface area contributed by atoms with Crippen LogP contribution in [-0.2, 0) is 22.6 Å². The van der Waals surface area contributed by atoms with Crippen LogP contribution in [0.3, 0.4) is 0 Å². The van der Waals surface area contributed by atoms with Crippen molar-refractivity contribution >= 4 is 23.4 Å². The Hall–Kier alpha value is -3.51. The molecule has 0 radical (unpaired) electrons. The minimum Gasteiger partial charge on any atom is -0.493 e. The number of amides is 2. The van der Waals surface area contributed by atoms with Crippen molar-refractivity contribution in [1.82, 2.24) is 10.2 Å². The molecule has 0 fully saturated rings. The Morgan fingerprint density at radius 1 is 0.892 bits per heavy atom. The van der Waals surface area contributed by atoms with E-state index in [2.05, 4.69) is 12.2 Å². The third-order valence-corrected chi connectivity index (χ3v) is 6.40. The summed E-state index contributed by atoms with van der Waals surface area (Å²) in [5, 5.41) is 3.66. The fourth-order valence-corrected chi connectivity index (χ4v) is 4.29. The first kappa shape index (κ1) is 28.1. The minimum atomic E-state index is -0.786. The summed E-state index contributed by atoms with van der Waals surface area (Å²) in [7, 11) is 3.13. The van der Waals surface area contributed by atoms with E-state index in [1.54, 1.807) is 43.4 Å². The number of benzene rings is 3. The lowest BCUT2D eigenvalue weighted by molar-refractivity contribution is -0.141. The molecule has 37 heavy (non-hydrogen) atoms. The van der Waals surface area contributed by atoms with Gasteiger partial charge in [-0.1, -0.05) is 79.9 Å². The van der Waals surface area contributed by atoms with E-state index >= 15 is 0 Å². The Balaban J connectivity index is 1.96. The van der Waals surface area contributed by atoms with Gasteiger partial charge in [-0.2, -0.15) is 0 Å². The van der Waals surface area contributed by atoms with Crippen molar-refractivity contribution in [2.45, 2.75) is 45.2 Å². The monoisotopic (exact) mass is 522 g/mol. The van der Waals surface area contributed by atoms with Gasteiger partial charge in [-0.05, 0) is 47.4 Å². The molecule has 0 aliphatic rings. The molecule has 0 heterocycles. The highest BCUT2D eigenvalue weighted by atomic mass is 35.5. The van der Waals surface area contributed by atoms with Crippen molar-refractivity contribution in [3.8, 4) is 11.5 Å². The zero-order valence-corrected chi connectivity index (χ0v) is 22.5. The van der Waals surface area contributed by atoms with Crippen molar-refractivity contribution < 1.29 is 19.1 Å². The third kappa shape index (κ3) is 7.99. The van der Waals surface area contributed by atoms with E-state index in [1.165, 1.54) is 0 Å². The van der Waals surface area contributed by atoms with Gasteiger partial charge in [0.05, 0.1) is 20.6 Å². The predicted octanol–water partition coefficient (Wildman–Crippen LogP) is 5.98. The zero-order valence-electron chi connectivity index (χ0n) is 21.7. The molecular weight excluding hydrogens is 488 g/mol. The maximum absolute atomic E-state index is 13.9. The number of hydrogen-bond acceptors (Lipinski definition) is 4. The number of nitrogens with zero attached hydrogens (tertiary/aromatic N) is 1. The van der Waals surface area contributed by atoms with Crippen LogP contribution in [0.2, 0.25) is 5.02 Å². The van der Waals surface area contributed by atoms with Crippen molar-refractivity contribution in [3.05, 3.63) is 94.5 Å². The van der Waals surface area contributed by atoms with Crippen LogP contribution in [0.5, 0.6) is 11.5 Å². The number of methoxy groups -OCH3 is 2. The molecule has 0 spiro atoms. The highest BCUT2D eigenvalue weighted by molar-refractivity contribution is 6.30. The van der Waals surface area contributed by atoms with Crippen LogP contribution in [-0.4, -0.2) is 37.5 Å².